The lowest BCUT2D eigenvalue weighted by Gasteiger charge is -2.20. The number of rotatable bonds is 67. The van der Waals surface area contributed by atoms with Crippen LogP contribution in [-0.2, 0) is 14.3 Å². The first-order chi connectivity index (χ1) is 38.5. The van der Waals surface area contributed by atoms with Crippen LogP contribution in [0.1, 0.15) is 399 Å². The van der Waals surface area contributed by atoms with Gasteiger partial charge in [-0.05, 0) is 51.4 Å². The van der Waals surface area contributed by atoms with Crippen LogP contribution in [0.2, 0.25) is 0 Å². The molecular formula is C72H139NO5. The molecule has 1 amide bonds. The molecule has 0 aromatic carbocycles. The van der Waals surface area contributed by atoms with E-state index in [0.29, 0.717) is 19.4 Å². The molecule has 0 aromatic heterocycles. The predicted molar refractivity (Wildman–Crippen MR) is 343 cm³/mol. The largest absolute Gasteiger partial charge is 0.466 e. The van der Waals surface area contributed by atoms with Crippen LogP contribution >= 0.6 is 0 Å². The van der Waals surface area contributed by atoms with Crippen LogP contribution in [0, 0.1) is 0 Å². The normalized spacial score (nSPS) is 12.6. The number of ether oxygens (including phenoxy) is 1. The summed E-state index contributed by atoms with van der Waals surface area (Å²) < 4.78 is 5.47. The average Bonchev–Trinajstić information content (AvgIpc) is 3.44. The van der Waals surface area contributed by atoms with Gasteiger partial charge in [-0.15, -0.1) is 0 Å². The molecule has 78 heavy (non-hydrogen) atoms. The highest BCUT2D eigenvalue weighted by molar-refractivity contribution is 5.76. The lowest BCUT2D eigenvalue weighted by molar-refractivity contribution is -0.143. The maximum absolute atomic E-state index is 12.5. The standard InChI is InChI=1S/C72H139NO5/c1-3-5-7-9-11-13-15-16-17-18-19-20-21-23-26-29-32-35-38-41-45-48-52-56-60-64-70(75)69(68-74)73-71(76)65-61-57-53-49-46-42-39-36-33-30-27-24-22-25-28-31-34-37-40-43-47-51-55-59-63-67-78-72(77)66-62-58-54-50-44-14-12-10-8-6-4-2/h10,12,60,64,69-70,74-75H,3-9,11,13-59,61-63,65-68H2,1-2H3,(H,73,76)/b12-10-,64-60+. The Kier molecular flexibility index (Phi) is 66.4. The van der Waals surface area contributed by atoms with Crippen molar-refractivity contribution in [2.75, 3.05) is 13.2 Å². The predicted octanol–water partition coefficient (Wildman–Crippen LogP) is 22.9. The molecule has 0 fully saturated rings. The number of unbranched alkanes of at least 4 members (excludes halogenated alkanes) is 54. The molecule has 0 heterocycles. The van der Waals surface area contributed by atoms with Crippen LogP contribution < -0.4 is 5.32 Å². The van der Waals surface area contributed by atoms with Crippen molar-refractivity contribution < 1.29 is 24.5 Å². The number of esters is 1. The Labute approximate surface area is 488 Å². The molecule has 0 aliphatic heterocycles. The van der Waals surface area contributed by atoms with Crippen LogP contribution in [0.3, 0.4) is 0 Å². The Bertz CT molecular complexity index is 1220. The highest BCUT2D eigenvalue weighted by Crippen LogP contribution is 2.19. The Hall–Kier alpha value is -1.66. The van der Waals surface area contributed by atoms with Gasteiger partial charge in [0, 0.05) is 12.8 Å². The SMILES string of the molecule is CCCC/C=C\CCCCCCCC(=O)OCCCCCCCCCCCCCCCCCCCCCCCCCCCC(=O)NC(CO)C(O)/C=C/CCCCCCCCCCCCCCCCCCCCCCCCC. The Morgan fingerprint density at radius 1 is 0.346 bits per heavy atom. The summed E-state index contributed by atoms with van der Waals surface area (Å²) in [5, 5.41) is 23.3. The summed E-state index contributed by atoms with van der Waals surface area (Å²) in [7, 11) is 0. The number of aliphatic hydroxyl groups is 2. The zero-order chi connectivity index (χ0) is 56.4. The smallest absolute Gasteiger partial charge is 0.305 e. The van der Waals surface area contributed by atoms with Crippen molar-refractivity contribution in [2.24, 2.45) is 0 Å². The summed E-state index contributed by atoms with van der Waals surface area (Å²) in [6, 6.07) is -0.628. The third kappa shape index (κ3) is 63.5. The van der Waals surface area contributed by atoms with Crippen LogP contribution in [0.5, 0.6) is 0 Å². The molecule has 0 aromatic rings. The van der Waals surface area contributed by atoms with Gasteiger partial charge in [-0.25, -0.2) is 0 Å². The first-order valence-corrected chi connectivity index (χ1v) is 35.6. The summed E-state index contributed by atoms with van der Waals surface area (Å²) in [6.07, 6.45) is 85.5. The Morgan fingerprint density at radius 2 is 0.615 bits per heavy atom. The molecule has 0 aliphatic rings. The summed E-state index contributed by atoms with van der Waals surface area (Å²) in [5.41, 5.74) is 0. The number of hydrogen-bond acceptors (Lipinski definition) is 5. The highest BCUT2D eigenvalue weighted by Gasteiger charge is 2.18. The number of nitrogens with one attached hydrogen (secondary N) is 1. The Balaban J connectivity index is 3.40. The molecule has 0 aliphatic carbocycles. The van der Waals surface area contributed by atoms with Crippen molar-refractivity contribution in [1.29, 1.82) is 0 Å². The van der Waals surface area contributed by atoms with E-state index in [-0.39, 0.29) is 18.5 Å². The van der Waals surface area contributed by atoms with Gasteiger partial charge in [-0.2, -0.15) is 0 Å². The van der Waals surface area contributed by atoms with E-state index in [1.165, 1.54) is 327 Å². The van der Waals surface area contributed by atoms with Crippen molar-refractivity contribution in [3.05, 3.63) is 24.3 Å². The zero-order valence-corrected chi connectivity index (χ0v) is 52.9. The average molecular weight is 1100 g/mol. The summed E-state index contributed by atoms with van der Waals surface area (Å²) >= 11 is 0. The number of carbonyl (C=O) groups excluding carboxylic acids is 2. The molecule has 6 heteroatoms. The second kappa shape index (κ2) is 67.8. The van der Waals surface area contributed by atoms with Gasteiger partial charge in [-0.1, -0.05) is 359 Å². The number of amides is 1. The lowest BCUT2D eigenvalue weighted by Crippen LogP contribution is -2.45. The fourth-order valence-electron chi connectivity index (χ4n) is 11.3. The fraction of sp³-hybridized carbons (Fsp3) is 0.917. The minimum Gasteiger partial charge on any atom is -0.466 e. The highest BCUT2D eigenvalue weighted by atomic mass is 16.5. The van der Waals surface area contributed by atoms with Gasteiger partial charge in [0.05, 0.1) is 25.4 Å². The van der Waals surface area contributed by atoms with Crippen LogP contribution in [-0.4, -0.2) is 47.4 Å². The maximum atomic E-state index is 12.5. The van der Waals surface area contributed by atoms with E-state index in [0.717, 1.165) is 44.9 Å². The van der Waals surface area contributed by atoms with Gasteiger partial charge in [0.25, 0.3) is 0 Å². The van der Waals surface area contributed by atoms with Gasteiger partial charge >= 0.3 is 5.97 Å². The summed E-state index contributed by atoms with van der Waals surface area (Å²) in [6.45, 7) is 4.90. The molecule has 0 radical (unpaired) electrons. The monoisotopic (exact) mass is 1100 g/mol. The van der Waals surface area contributed by atoms with Crippen LogP contribution in [0.15, 0.2) is 24.3 Å². The van der Waals surface area contributed by atoms with Crippen LogP contribution in [0.4, 0.5) is 0 Å². The number of allylic oxidation sites excluding steroid dienone is 3. The van der Waals surface area contributed by atoms with Gasteiger partial charge in [0.15, 0.2) is 0 Å². The second-order valence-corrected chi connectivity index (χ2v) is 24.6. The fourth-order valence-corrected chi connectivity index (χ4v) is 11.3. The third-order valence-corrected chi connectivity index (χ3v) is 16.7. The molecule has 462 valence electrons. The van der Waals surface area contributed by atoms with E-state index in [1.54, 1.807) is 6.08 Å². The second-order valence-electron chi connectivity index (χ2n) is 24.6. The van der Waals surface area contributed by atoms with E-state index >= 15 is 0 Å². The third-order valence-electron chi connectivity index (χ3n) is 16.7. The van der Waals surface area contributed by atoms with E-state index in [4.69, 9.17) is 4.74 Å². The molecule has 0 rings (SSSR count). The molecule has 2 atom stereocenters. The summed E-state index contributed by atoms with van der Waals surface area (Å²) in [5.74, 6) is -0.0560. The van der Waals surface area contributed by atoms with E-state index in [9.17, 15) is 19.8 Å². The quantitative estimate of drug-likeness (QED) is 0.0320. The maximum Gasteiger partial charge on any atom is 0.305 e. The molecule has 3 N–H and O–H groups in total. The Morgan fingerprint density at radius 3 is 0.949 bits per heavy atom. The molecule has 0 spiro atoms. The molecule has 2 unspecified atom stereocenters. The molecule has 0 bridgehead atoms. The van der Waals surface area contributed by atoms with E-state index in [1.807, 2.05) is 6.08 Å². The van der Waals surface area contributed by atoms with Crippen molar-refractivity contribution in [1.82, 2.24) is 5.32 Å². The van der Waals surface area contributed by atoms with Gasteiger partial charge in [0.1, 0.15) is 0 Å². The zero-order valence-electron chi connectivity index (χ0n) is 52.9. The molecule has 0 saturated carbocycles. The minimum atomic E-state index is -0.845. The minimum absolute atomic E-state index is 0.00556. The first-order valence-electron chi connectivity index (χ1n) is 35.6. The van der Waals surface area contributed by atoms with Gasteiger partial charge < -0.3 is 20.3 Å². The topological polar surface area (TPSA) is 95.9 Å². The number of aliphatic hydroxyl groups excluding tert-OH is 2. The number of carbonyl (C=O) groups is 2. The molecule has 6 nitrogen and oxygen atoms in total. The molecular weight excluding hydrogens is 959 g/mol. The van der Waals surface area contributed by atoms with E-state index in [2.05, 4.69) is 31.3 Å². The van der Waals surface area contributed by atoms with Crippen LogP contribution in [0.25, 0.3) is 0 Å². The van der Waals surface area contributed by atoms with Crippen molar-refractivity contribution >= 4 is 11.9 Å². The summed E-state index contributed by atoms with van der Waals surface area (Å²) in [4.78, 5) is 24.5. The number of hydrogen-bond donors (Lipinski definition) is 3. The van der Waals surface area contributed by atoms with Gasteiger partial charge in [-0.3, -0.25) is 9.59 Å². The van der Waals surface area contributed by atoms with Crippen molar-refractivity contribution in [3.8, 4) is 0 Å². The van der Waals surface area contributed by atoms with Crippen molar-refractivity contribution in [2.45, 2.75) is 411 Å². The lowest BCUT2D eigenvalue weighted by atomic mass is 10.0. The molecule has 0 saturated heterocycles. The van der Waals surface area contributed by atoms with E-state index < -0.39 is 12.1 Å². The first kappa shape index (κ1) is 76.3. The van der Waals surface area contributed by atoms with Gasteiger partial charge in [0.2, 0.25) is 5.91 Å². The van der Waals surface area contributed by atoms with Crippen molar-refractivity contribution in [3.63, 3.8) is 0 Å².